The maximum atomic E-state index is 12.7. The molecule has 1 aliphatic heterocycles. The van der Waals surface area contributed by atoms with E-state index in [-0.39, 0.29) is 12.5 Å². The predicted molar refractivity (Wildman–Crippen MR) is 82.9 cm³/mol. The molecule has 3 amide bonds. The van der Waals surface area contributed by atoms with Gasteiger partial charge >= 0.3 is 12.0 Å². The summed E-state index contributed by atoms with van der Waals surface area (Å²) < 4.78 is 9.91. The summed E-state index contributed by atoms with van der Waals surface area (Å²) in [5, 5.41) is 2.66. The van der Waals surface area contributed by atoms with Gasteiger partial charge in [-0.05, 0) is 36.8 Å². The lowest BCUT2D eigenvalue weighted by Crippen LogP contribution is -2.40. The van der Waals surface area contributed by atoms with Gasteiger partial charge in [0.05, 0.1) is 25.5 Å². The maximum absolute atomic E-state index is 12.7. The highest BCUT2D eigenvalue weighted by atomic mass is 16.5. The van der Waals surface area contributed by atoms with Crippen LogP contribution in [0.15, 0.2) is 47.1 Å². The second kappa shape index (κ2) is 5.84. The van der Waals surface area contributed by atoms with Gasteiger partial charge in [0.2, 0.25) is 0 Å². The van der Waals surface area contributed by atoms with Crippen molar-refractivity contribution in [2.24, 2.45) is 0 Å². The zero-order valence-corrected chi connectivity index (χ0v) is 13.2. The van der Waals surface area contributed by atoms with Crippen molar-refractivity contribution in [1.29, 1.82) is 0 Å². The Labute approximate surface area is 138 Å². The molecule has 124 valence electrons. The van der Waals surface area contributed by atoms with Crippen LogP contribution in [0.25, 0.3) is 0 Å². The van der Waals surface area contributed by atoms with E-state index in [4.69, 9.17) is 4.42 Å². The van der Waals surface area contributed by atoms with Crippen LogP contribution in [0.1, 0.15) is 28.6 Å². The molecule has 7 heteroatoms. The van der Waals surface area contributed by atoms with Crippen LogP contribution < -0.4 is 5.32 Å². The molecule has 1 atom stereocenters. The molecule has 0 aliphatic carbocycles. The minimum Gasteiger partial charge on any atom is -0.466 e. The Morgan fingerprint density at radius 1 is 1.25 bits per heavy atom. The van der Waals surface area contributed by atoms with Crippen LogP contribution in [0.3, 0.4) is 0 Å². The second-order valence-electron chi connectivity index (χ2n) is 5.61. The van der Waals surface area contributed by atoms with Crippen molar-refractivity contribution in [2.75, 3.05) is 7.11 Å². The SMILES string of the molecule is COC(=O)c1ccc(CN2C(=O)NC(C)(c3ccco3)C2=O)cc1. The Bertz CT molecular complexity index is 782. The number of methoxy groups -OCH3 is 1. The molecule has 1 aromatic carbocycles. The van der Waals surface area contributed by atoms with Crippen LogP contribution in [0.4, 0.5) is 4.79 Å². The summed E-state index contributed by atoms with van der Waals surface area (Å²) in [5.41, 5.74) is -0.0965. The second-order valence-corrected chi connectivity index (χ2v) is 5.61. The van der Waals surface area contributed by atoms with Gasteiger partial charge in [-0.15, -0.1) is 0 Å². The summed E-state index contributed by atoms with van der Waals surface area (Å²) >= 11 is 0. The molecule has 2 heterocycles. The lowest BCUT2D eigenvalue weighted by molar-refractivity contribution is -0.132. The molecule has 1 aromatic heterocycles. The number of furan rings is 1. The largest absolute Gasteiger partial charge is 0.466 e. The van der Waals surface area contributed by atoms with E-state index >= 15 is 0 Å². The third-order valence-electron chi connectivity index (χ3n) is 4.00. The zero-order valence-electron chi connectivity index (χ0n) is 13.2. The number of hydrogen-bond acceptors (Lipinski definition) is 5. The summed E-state index contributed by atoms with van der Waals surface area (Å²) in [6.45, 7) is 1.70. The van der Waals surface area contributed by atoms with Crippen LogP contribution >= 0.6 is 0 Å². The highest BCUT2D eigenvalue weighted by Gasteiger charge is 2.50. The summed E-state index contributed by atoms with van der Waals surface area (Å²) in [5.74, 6) is -0.453. The predicted octanol–water partition coefficient (Wildman–Crippen LogP) is 2.03. The van der Waals surface area contributed by atoms with Crippen LogP contribution in [0.2, 0.25) is 0 Å². The molecule has 24 heavy (non-hydrogen) atoms. The van der Waals surface area contributed by atoms with Crippen molar-refractivity contribution < 1.29 is 23.5 Å². The molecule has 1 fully saturated rings. The molecule has 1 N–H and O–H groups in total. The van der Waals surface area contributed by atoms with E-state index in [1.807, 2.05) is 0 Å². The van der Waals surface area contributed by atoms with Gasteiger partial charge in [0, 0.05) is 0 Å². The third-order valence-corrected chi connectivity index (χ3v) is 4.00. The topological polar surface area (TPSA) is 88.8 Å². The molecule has 1 aliphatic rings. The van der Waals surface area contributed by atoms with Crippen molar-refractivity contribution >= 4 is 17.9 Å². The summed E-state index contributed by atoms with van der Waals surface area (Å²) in [6, 6.07) is 9.35. The van der Waals surface area contributed by atoms with Crippen molar-refractivity contribution in [1.82, 2.24) is 10.2 Å². The molecule has 1 unspecified atom stereocenters. The number of imide groups is 1. The van der Waals surface area contributed by atoms with Gasteiger partial charge in [0.15, 0.2) is 5.54 Å². The van der Waals surface area contributed by atoms with Gasteiger partial charge in [0.1, 0.15) is 5.76 Å². The van der Waals surface area contributed by atoms with E-state index in [1.165, 1.54) is 13.4 Å². The smallest absolute Gasteiger partial charge is 0.337 e. The number of carbonyl (C=O) groups excluding carboxylic acids is 3. The molecule has 0 bridgehead atoms. The molecular weight excluding hydrogens is 312 g/mol. The molecule has 2 aromatic rings. The summed E-state index contributed by atoms with van der Waals surface area (Å²) in [7, 11) is 1.30. The summed E-state index contributed by atoms with van der Waals surface area (Å²) in [6.07, 6.45) is 1.45. The summed E-state index contributed by atoms with van der Waals surface area (Å²) in [4.78, 5) is 37.4. The Morgan fingerprint density at radius 3 is 2.54 bits per heavy atom. The Morgan fingerprint density at radius 2 is 1.96 bits per heavy atom. The molecule has 0 spiro atoms. The fourth-order valence-corrected chi connectivity index (χ4v) is 2.62. The number of ether oxygens (including phenoxy) is 1. The Kier molecular flexibility index (Phi) is 3.84. The van der Waals surface area contributed by atoms with Crippen molar-refractivity contribution in [3.8, 4) is 0 Å². The first kappa shape index (κ1) is 15.8. The quantitative estimate of drug-likeness (QED) is 0.685. The normalized spacial score (nSPS) is 20.2. The van der Waals surface area contributed by atoms with E-state index in [0.29, 0.717) is 11.3 Å². The van der Waals surface area contributed by atoms with Gasteiger partial charge in [-0.1, -0.05) is 12.1 Å². The molecule has 3 rings (SSSR count). The third kappa shape index (κ3) is 2.54. The average molecular weight is 328 g/mol. The highest BCUT2D eigenvalue weighted by molar-refractivity contribution is 6.06. The Hall–Kier alpha value is -3.09. The van der Waals surface area contributed by atoms with E-state index in [2.05, 4.69) is 10.1 Å². The van der Waals surface area contributed by atoms with E-state index in [0.717, 1.165) is 10.5 Å². The minimum atomic E-state index is -1.22. The first-order valence-electron chi connectivity index (χ1n) is 7.31. The Balaban J connectivity index is 1.79. The van der Waals surface area contributed by atoms with E-state index in [1.54, 1.807) is 43.3 Å². The number of carbonyl (C=O) groups is 3. The van der Waals surface area contributed by atoms with Crippen LogP contribution in [-0.2, 0) is 21.6 Å². The average Bonchev–Trinajstić information content (AvgIpc) is 3.19. The van der Waals surface area contributed by atoms with Crippen molar-refractivity contribution in [3.63, 3.8) is 0 Å². The van der Waals surface area contributed by atoms with Crippen LogP contribution in [0.5, 0.6) is 0 Å². The van der Waals surface area contributed by atoms with Crippen LogP contribution in [-0.4, -0.2) is 29.9 Å². The fourth-order valence-electron chi connectivity index (χ4n) is 2.62. The number of nitrogens with zero attached hydrogens (tertiary/aromatic N) is 1. The van der Waals surface area contributed by atoms with Crippen molar-refractivity contribution in [2.45, 2.75) is 19.0 Å². The number of amides is 3. The van der Waals surface area contributed by atoms with Gasteiger partial charge in [-0.2, -0.15) is 0 Å². The lowest BCUT2D eigenvalue weighted by Gasteiger charge is -2.19. The van der Waals surface area contributed by atoms with Crippen LogP contribution in [0, 0.1) is 0 Å². The monoisotopic (exact) mass is 328 g/mol. The first-order valence-corrected chi connectivity index (χ1v) is 7.31. The lowest BCUT2D eigenvalue weighted by atomic mass is 9.99. The molecule has 0 radical (unpaired) electrons. The van der Waals surface area contributed by atoms with Gasteiger partial charge in [-0.3, -0.25) is 9.69 Å². The fraction of sp³-hybridized carbons (Fsp3) is 0.235. The highest BCUT2D eigenvalue weighted by Crippen LogP contribution is 2.30. The van der Waals surface area contributed by atoms with Gasteiger partial charge in [-0.25, -0.2) is 9.59 Å². The number of hydrogen-bond donors (Lipinski definition) is 1. The van der Waals surface area contributed by atoms with E-state index in [9.17, 15) is 14.4 Å². The minimum absolute atomic E-state index is 0.0996. The number of nitrogens with one attached hydrogen (secondary N) is 1. The standard InChI is InChI=1S/C17H16N2O5/c1-17(13-4-3-9-24-13)15(21)19(16(22)18-17)10-11-5-7-12(8-6-11)14(20)23-2/h3-9H,10H2,1-2H3,(H,18,22). The van der Waals surface area contributed by atoms with Crippen molar-refractivity contribution in [3.05, 3.63) is 59.5 Å². The maximum Gasteiger partial charge on any atom is 0.337 e. The van der Waals surface area contributed by atoms with Gasteiger partial charge in [0.25, 0.3) is 5.91 Å². The first-order chi connectivity index (χ1) is 11.5. The molecular formula is C17H16N2O5. The number of benzene rings is 1. The number of rotatable bonds is 4. The molecule has 7 nitrogen and oxygen atoms in total. The molecule has 1 saturated heterocycles. The number of esters is 1. The number of urea groups is 1. The molecule has 0 saturated carbocycles. The van der Waals surface area contributed by atoms with Gasteiger partial charge < -0.3 is 14.5 Å². The van der Waals surface area contributed by atoms with E-state index < -0.39 is 17.5 Å². The zero-order chi connectivity index (χ0) is 17.3.